The Balaban J connectivity index is 2.00. The Morgan fingerprint density at radius 3 is 2.83 bits per heavy atom. The summed E-state index contributed by atoms with van der Waals surface area (Å²) in [7, 11) is 0. The fourth-order valence-corrected chi connectivity index (χ4v) is 2.94. The molecule has 0 aromatic heterocycles. The summed E-state index contributed by atoms with van der Waals surface area (Å²) >= 11 is 1.43. The number of carboxylic acid groups (broad SMARTS) is 1. The summed E-state index contributed by atoms with van der Waals surface area (Å²) < 4.78 is 5.06. The normalized spacial score (nSPS) is 20.6. The summed E-state index contributed by atoms with van der Waals surface area (Å²) in [5, 5.41) is 12.1. The highest BCUT2D eigenvalue weighted by Gasteiger charge is 2.48. The average Bonchev–Trinajstić information content (AvgIpc) is 2.27. The minimum Gasteiger partial charge on any atom is -0.480 e. The number of amides is 1. The van der Waals surface area contributed by atoms with E-state index in [1.165, 1.54) is 11.8 Å². The number of anilines is 1. The Labute approximate surface area is 108 Å². The molecule has 2 heterocycles. The predicted octanol–water partition coefficient (Wildman–Crippen LogP) is 1.08. The van der Waals surface area contributed by atoms with Gasteiger partial charge in [0.15, 0.2) is 0 Å². The zero-order valence-electron chi connectivity index (χ0n) is 9.43. The number of carbonyl (C=O) groups is 2. The van der Waals surface area contributed by atoms with E-state index in [2.05, 4.69) is 5.32 Å². The molecule has 1 saturated heterocycles. The summed E-state index contributed by atoms with van der Waals surface area (Å²) in [4.78, 5) is 23.5. The van der Waals surface area contributed by atoms with E-state index >= 15 is 0 Å². The van der Waals surface area contributed by atoms with E-state index in [9.17, 15) is 14.7 Å². The second-order valence-electron chi connectivity index (χ2n) is 4.43. The maximum absolute atomic E-state index is 11.4. The molecule has 3 rings (SSSR count). The number of hydrogen-bond acceptors (Lipinski definition) is 4. The Kier molecular flexibility index (Phi) is 2.57. The van der Waals surface area contributed by atoms with E-state index in [-0.39, 0.29) is 19.1 Å². The van der Waals surface area contributed by atoms with Crippen LogP contribution in [0.2, 0.25) is 0 Å². The van der Waals surface area contributed by atoms with E-state index < -0.39 is 11.4 Å². The zero-order chi connectivity index (χ0) is 12.8. The van der Waals surface area contributed by atoms with Crippen molar-refractivity contribution in [3.8, 4) is 0 Å². The van der Waals surface area contributed by atoms with Crippen molar-refractivity contribution in [2.45, 2.75) is 10.3 Å². The maximum atomic E-state index is 11.4. The second kappa shape index (κ2) is 4.00. The van der Waals surface area contributed by atoms with Gasteiger partial charge in [0.05, 0.1) is 24.7 Å². The molecule has 2 N–H and O–H groups in total. The summed E-state index contributed by atoms with van der Waals surface area (Å²) in [6.45, 7) is 0.413. The third-order valence-corrected chi connectivity index (χ3v) is 4.33. The standard InChI is InChI=1S/C12H11NO4S/c14-10-4-18-9-3-7(1-2-8(9)13-10)12(11(15)16)5-17-6-12/h1-3H,4-6H2,(H,13,14)(H,15,16). The van der Waals surface area contributed by atoms with Crippen molar-refractivity contribution in [3.05, 3.63) is 23.8 Å². The van der Waals surface area contributed by atoms with Crippen LogP contribution >= 0.6 is 11.8 Å². The molecule has 0 aliphatic carbocycles. The Morgan fingerprint density at radius 2 is 2.22 bits per heavy atom. The summed E-state index contributed by atoms with van der Waals surface area (Å²) in [5.41, 5.74) is 0.571. The number of ether oxygens (including phenoxy) is 1. The third-order valence-electron chi connectivity index (χ3n) is 3.27. The van der Waals surface area contributed by atoms with Crippen LogP contribution in [0.25, 0.3) is 0 Å². The second-order valence-corrected chi connectivity index (χ2v) is 5.45. The van der Waals surface area contributed by atoms with Gasteiger partial charge in [0.25, 0.3) is 0 Å². The van der Waals surface area contributed by atoms with Crippen LogP contribution in [0.1, 0.15) is 5.56 Å². The lowest BCUT2D eigenvalue weighted by Crippen LogP contribution is -2.53. The number of benzene rings is 1. The molecule has 5 nitrogen and oxygen atoms in total. The van der Waals surface area contributed by atoms with Gasteiger partial charge in [-0.3, -0.25) is 9.59 Å². The number of thioether (sulfide) groups is 1. The number of hydrogen-bond donors (Lipinski definition) is 2. The quantitative estimate of drug-likeness (QED) is 0.837. The topological polar surface area (TPSA) is 75.6 Å². The first kappa shape index (κ1) is 11.6. The third kappa shape index (κ3) is 1.60. The molecule has 0 spiro atoms. The van der Waals surface area contributed by atoms with Crippen LogP contribution in [0.15, 0.2) is 23.1 Å². The van der Waals surface area contributed by atoms with Crippen LogP contribution < -0.4 is 5.32 Å². The van der Waals surface area contributed by atoms with Gasteiger partial charge < -0.3 is 15.2 Å². The van der Waals surface area contributed by atoms with Gasteiger partial charge in [0.1, 0.15) is 5.41 Å². The number of carbonyl (C=O) groups excluding carboxylic acids is 1. The minimum atomic E-state index is -0.920. The molecule has 0 radical (unpaired) electrons. The van der Waals surface area contributed by atoms with Crippen LogP contribution in [-0.4, -0.2) is 35.9 Å². The molecule has 1 fully saturated rings. The van der Waals surface area contributed by atoms with Crippen molar-refractivity contribution in [1.82, 2.24) is 0 Å². The molecule has 94 valence electrons. The lowest BCUT2D eigenvalue weighted by atomic mass is 9.78. The number of carboxylic acids is 1. The highest BCUT2D eigenvalue weighted by Crippen LogP contribution is 2.38. The van der Waals surface area contributed by atoms with Gasteiger partial charge in [-0.2, -0.15) is 0 Å². The lowest BCUT2D eigenvalue weighted by molar-refractivity contribution is -0.163. The van der Waals surface area contributed by atoms with Gasteiger partial charge in [-0.25, -0.2) is 0 Å². The molecule has 0 saturated carbocycles. The molecule has 6 heteroatoms. The number of rotatable bonds is 2. The van der Waals surface area contributed by atoms with Crippen LogP contribution in [0.4, 0.5) is 5.69 Å². The molecule has 0 unspecified atom stereocenters. The molecule has 18 heavy (non-hydrogen) atoms. The molecule has 1 aromatic rings. The highest BCUT2D eigenvalue weighted by molar-refractivity contribution is 8.00. The van der Waals surface area contributed by atoms with Crippen LogP contribution in [0.5, 0.6) is 0 Å². The lowest BCUT2D eigenvalue weighted by Gasteiger charge is -2.38. The van der Waals surface area contributed by atoms with Crippen molar-refractivity contribution < 1.29 is 19.4 Å². The van der Waals surface area contributed by atoms with E-state index in [4.69, 9.17) is 4.74 Å². The molecule has 0 bridgehead atoms. The Bertz CT molecular complexity index is 539. The first-order chi connectivity index (χ1) is 8.62. The van der Waals surface area contributed by atoms with Crippen LogP contribution in [0.3, 0.4) is 0 Å². The van der Waals surface area contributed by atoms with Crippen molar-refractivity contribution in [1.29, 1.82) is 0 Å². The van der Waals surface area contributed by atoms with E-state index in [1.807, 2.05) is 6.07 Å². The first-order valence-corrected chi connectivity index (χ1v) is 6.49. The molecule has 2 aliphatic heterocycles. The largest absolute Gasteiger partial charge is 0.480 e. The number of aliphatic carboxylic acids is 1. The van der Waals surface area contributed by atoms with Gasteiger partial charge in [-0.15, -0.1) is 11.8 Å². The fourth-order valence-electron chi connectivity index (χ4n) is 2.09. The van der Waals surface area contributed by atoms with Gasteiger partial charge in [-0.1, -0.05) is 6.07 Å². The summed E-state index contributed by atoms with van der Waals surface area (Å²) in [5.74, 6) is -0.522. The molecular weight excluding hydrogens is 254 g/mol. The molecule has 2 aliphatic rings. The van der Waals surface area contributed by atoms with Gasteiger partial charge in [0, 0.05) is 4.90 Å². The monoisotopic (exact) mass is 265 g/mol. The van der Waals surface area contributed by atoms with E-state index in [0.29, 0.717) is 5.75 Å². The Morgan fingerprint density at radius 1 is 1.44 bits per heavy atom. The van der Waals surface area contributed by atoms with Gasteiger partial charge in [-0.05, 0) is 17.7 Å². The average molecular weight is 265 g/mol. The molecular formula is C12H11NO4S. The highest BCUT2D eigenvalue weighted by atomic mass is 32.2. The smallest absolute Gasteiger partial charge is 0.318 e. The molecule has 1 amide bonds. The molecule has 1 aromatic carbocycles. The molecule has 0 atom stereocenters. The number of fused-ring (bicyclic) bond motifs is 1. The zero-order valence-corrected chi connectivity index (χ0v) is 10.3. The van der Waals surface area contributed by atoms with E-state index in [0.717, 1.165) is 16.1 Å². The Hall–Kier alpha value is -1.53. The fraction of sp³-hybridized carbons (Fsp3) is 0.333. The summed E-state index contributed by atoms with van der Waals surface area (Å²) in [6, 6.07) is 5.36. The van der Waals surface area contributed by atoms with Crippen LogP contribution in [-0.2, 0) is 19.7 Å². The van der Waals surface area contributed by atoms with Crippen molar-refractivity contribution >= 4 is 29.3 Å². The van der Waals surface area contributed by atoms with Gasteiger partial charge in [0.2, 0.25) is 5.91 Å². The minimum absolute atomic E-state index is 0.0276. The van der Waals surface area contributed by atoms with Crippen molar-refractivity contribution in [2.24, 2.45) is 0 Å². The van der Waals surface area contributed by atoms with Gasteiger partial charge >= 0.3 is 5.97 Å². The SMILES string of the molecule is O=C1CSc2cc(C3(C(=O)O)COC3)ccc2N1. The van der Waals surface area contributed by atoms with Crippen molar-refractivity contribution in [2.75, 3.05) is 24.3 Å². The number of nitrogens with one attached hydrogen (secondary N) is 1. The first-order valence-electron chi connectivity index (χ1n) is 5.50. The van der Waals surface area contributed by atoms with E-state index in [1.54, 1.807) is 12.1 Å². The van der Waals surface area contributed by atoms with Crippen LogP contribution in [0, 0.1) is 0 Å². The maximum Gasteiger partial charge on any atom is 0.318 e. The predicted molar refractivity (Wildman–Crippen MR) is 65.9 cm³/mol. The summed E-state index contributed by atoms with van der Waals surface area (Å²) in [6.07, 6.45) is 0. The van der Waals surface area contributed by atoms with Crippen molar-refractivity contribution in [3.63, 3.8) is 0 Å².